The van der Waals surface area contributed by atoms with Crippen LogP contribution in [0.3, 0.4) is 0 Å². The number of nitrogens with one attached hydrogen (secondary N) is 1. The maximum atomic E-state index is 13.8. The standard InChI is InChI=1S/C35H42N6O5/c1-7-40(8-2)23-22-39(4)33(42)27-14-16-28(17-15-27)37-34-36-21-20-32(38-34)41(30-19-18-29(44-5)24-31(30)45-6)35(43)46-25(3)26-12-10-9-11-13-26/h9-21,24-25H,7-8,22-23H2,1-6H3,(H,36,37,38). The Morgan fingerprint density at radius 1 is 0.891 bits per heavy atom. The summed E-state index contributed by atoms with van der Waals surface area (Å²) in [5, 5.41) is 3.17. The van der Waals surface area contributed by atoms with Gasteiger partial charge >= 0.3 is 6.09 Å². The van der Waals surface area contributed by atoms with Crippen LogP contribution in [0.25, 0.3) is 0 Å². The number of hydrogen-bond donors (Lipinski definition) is 1. The Labute approximate surface area is 270 Å². The predicted octanol–water partition coefficient (Wildman–Crippen LogP) is 6.69. The zero-order valence-electron chi connectivity index (χ0n) is 27.3. The lowest BCUT2D eigenvalue weighted by Gasteiger charge is -2.25. The number of hydrogen-bond acceptors (Lipinski definition) is 9. The minimum absolute atomic E-state index is 0.0516. The van der Waals surface area contributed by atoms with Crippen molar-refractivity contribution in [2.24, 2.45) is 0 Å². The van der Waals surface area contributed by atoms with Crippen LogP contribution in [0, 0.1) is 0 Å². The van der Waals surface area contributed by atoms with Gasteiger partial charge in [-0.3, -0.25) is 4.79 Å². The second kappa shape index (κ2) is 16.2. The molecule has 0 bridgehead atoms. The van der Waals surface area contributed by atoms with E-state index in [1.807, 2.05) is 37.4 Å². The van der Waals surface area contributed by atoms with E-state index in [0.717, 1.165) is 25.2 Å². The summed E-state index contributed by atoms with van der Waals surface area (Å²) in [6, 6.07) is 23.3. The van der Waals surface area contributed by atoms with Crippen molar-refractivity contribution in [3.8, 4) is 11.5 Å². The van der Waals surface area contributed by atoms with Crippen molar-refractivity contribution >= 4 is 35.1 Å². The van der Waals surface area contributed by atoms with Gasteiger partial charge in [-0.25, -0.2) is 14.7 Å². The lowest BCUT2D eigenvalue weighted by molar-refractivity contribution is 0.0779. The number of carbonyl (C=O) groups is 2. The lowest BCUT2D eigenvalue weighted by atomic mass is 10.1. The fourth-order valence-corrected chi connectivity index (χ4v) is 4.79. The summed E-state index contributed by atoms with van der Waals surface area (Å²) in [6.45, 7) is 9.39. The molecule has 0 fully saturated rings. The van der Waals surface area contributed by atoms with Crippen LogP contribution < -0.4 is 19.7 Å². The van der Waals surface area contributed by atoms with Crippen LogP contribution in [-0.2, 0) is 4.74 Å². The van der Waals surface area contributed by atoms with E-state index in [2.05, 4.69) is 34.0 Å². The molecule has 242 valence electrons. The Kier molecular flexibility index (Phi) is 11.9. The number of methoxy groups -OCH3 is 2. The molecule has 0 aliphatic carbocycles. The van der Waals surface area contributed by atoms with Crippen molar-refractivity contribution in [3.05, 3.63) is 96.2 Å². The van der Waals surface area contributed by atoms with Gasteiger partial charge in [-0.1, -0.05) is 44.2 Å². The van der Waals surface area contributed by atoms with Crippen molar-refractivity contribution in [2.45, 2.75) is 26.9 Å². The van der Waals surface area contributed by atoms with Crippen LogP contribution in [0.5, 0.6) is 11.5 Å². The molecule has 3 aromatic carbocycles. The van der Waals surface area contributed by atoms with Gasteiger partial charge in [-0.2, -0.15) is 4.98 Å². The first-order valence-electron chi connectivity index (χ1n) is 15.2. The van der Waals surface area contributed by atoms with Gasteiger partial charge in [0.2, 0.25) is 5.95 Å². The third-order valence-electron chi connectivity index (χ3n) is 7.61. The average molecular weight is 627 g/mol. The fraction of sp³-hybridized carbons (Fsp3) is 0.314. The van der Waals surface area contributed by atoms with E-state index in [4.69, 9.17) is 14.2 Å². The van der Waals surface area contributed by atoms with Crippen LogP contribution in [-0.4, -0.2) is 79.2 Å². The molecule has 11 nitrogen and oxygen atoms in total. The molecule has 1 unspecified atom stereocenters. The topological polar surface area (TPSA) is 109 Å². The van der Waals surface area contributed by atoms with Crippen molar-refractivity contribution in [3.63, 3.8) is 0 Å². The quantitative estimate of drug-likeness (QED) is 0.164. The smallest absolute Gasteiger partial charge is 0.420 e. The number of benzene rings is 3. The minimum Gasteiger partial charge on any atom is -0.497 e. The average Bonchev–Trinajstić information content (AvgIpc) is 3.09. The molecule has 1 atom stereocenters. The van der Waals surface area contributed by atoms with Gasteiger partial charge in [0.1, 0.15) is 23.4 Å². The van der Waals surface area contributed by atoms with Crippen molar-refractivity contribution in [1.29, 1.82) is 0 Å². The van der Waals surface area contributed by atoms with E-state index < -0.39 is 12.2 Å². The molecule has 0 aliphatic heterocycles. The Hall–Kier alpha value is -5.16. The summed E-state index contributed by atoms with van der Waals surface area (Å²) in [6.07, 6.45) is 0.361. The molecule has 46 heavy (non-hydrogen) atoms. The van der Waals surface area contributed by atoms with Crippen LogP contribution in [0.15, 0.2) is 85.1 Å². The highest BCUT2D eigenvalue weighted by molar-refractivity contribution is 5.97. The number of ether oxygens (including phenoxy) is 3. The molecule has 4 rings (SSSR count). The summed E-state index contributed by atoms with van der Waals surface area (Å²) < 4.78 is 16.9. The van der Waals surface area contributed by atoms with Gasteiger partial charge in [0, 0.05) is 49.7 Å². The molecule has 1 aromatic heterocycles. The SMILES string of the molecule is CCN(CC)CCN(C)C(=O)c1ccc(Nc2nccc(N(C(=O)OC(C)c3ccccc3)c3ccc(OC)cc3OC)n2)cc1. The molecule has 1 heterocycles. The number of rotatable bonds is 14. The molecule has 0 radical (unpaired) electrons. The maximum Gasteiger partial charge on any atom is 0.420 e. The number of anilines is 4. The van der Waals surface area contributed by atoms with Gasteiger partial charge < -0.3 is 29.3 Å². The number of nitrogens with zero attached hydrogens (tertiary/aromatic N) is 5. The molecule has 1 N–H and O–H groups in total. The second-order valence-electron chi connectivity index (χ2n) is 10.5. The summed E-state index contributed by atoms with van der Waals surface area (Å²) in [7, 11) is 4.88. The molecule has 11 heteroatoms. The highest BCUT2D eigenvalue weighted by Gasteiger charge is 2.27. The van der Waals surface area contributed by atoms with Crippen LogP contribution in [0.4, 0.5) is 27.9 Å². The second-order valence-corrected chi connectivity index (χ2v) is 10.5. The number of likely N-dealkylation sites (N-methyl/N-ethyl adjacent to an activating group) is 2. The Balaban J connectivity index is 1.57. The van der Waals surface area contributed by atoms with Gasteiger partial charge in [0.25, 0.3) is 5.91 Å². The molecule has 0 saturated heterocycles. The van der Waals surface area contributed by atoms with Crippen molar-refractivity contribution < 1.29 is 23.8 Å². The third kappa shape index (κ3) is 8.51. The van der Waals surface area contributed by atoms with Crippen molar-refractivity contribution in [2.75, 3.05) is 57.7 Å². The van der Waals surface area contributed by atoms with E-state index in [1.165, 1.54) is 12.0 Å². The Bertz CT molecular complexity index is 1580. The van der Waals surface area contributed by atoms with E-state index in [-0.39, 0.29) is 17.7 Å². The fourth-order valence-electron chi connectivity index (χ4n) is 4.79. The van der Waals surface area contributed by atoms with E-state index in [0.29, 0.717) is 35.0 Å². The molecule has 4 aromatic rings. The molecule has 0 saturated carbocycles. The highest BCUT2D eigenvalue weighted by atomic mass is 16.6. The summed E-state index contributed by atoms with van der Waals surface area (Å²) >= 11 is 0. The third-order valence-corrected chi connectivity index (χ3v) is 7.61. The largest absolute Gasteiger partial charge is 0.497 e. The van der Waals surface area contributed by atoms with Gasteiger partial charge in [-0.05, 0) is 62.0 Å². The van der Waals surface area contributed by atoms with E-state index >= 15 is 0 Å². The van der Waals surface area contributed by atoms with Gasteiger partial charge in [0.05, 0.1) is 19.9 Å². The number of aromatic nitrogens is 2. The van der Waals surface area contributed by atoms with Crippen molar-refractivity contribution in [1.82, 2.24) is 19.8 Å². The monoisotopic (exact) mass is 626 g/mol. The number of carbonyl (C=O) groups excluding carboxylic acids is 2. The first kappa shape index (κ1) is 33.7. The zero-order valence-corrected chi connectivity index (χ0v) is 27.3. The molecular weight excluding hydrogens is 584 g/mol. The zero-order chi connectivity index (χ0) is 33.1. The molecule has 0 aliphatic rings. The molecular formula is C35H42N6O5. The Morgan fingerprint density at radius 3 is 2.26 bits per heavy atom. The van der Waals surface area contributed by atoms with Gasteiger partial charge in [-0.15, -0.1) is 0 Å². The van der Waals surface area contributed by atoms with E-state index in [9.17, 15) is 9.59 Å². The predicted molar refractivity (Wildman–Crippen MR) is 180 cm³/mol. The Morgan fingerprint density at radius 2 is 1.61 bits per heavy atom. The first-order chi connectivity index (χ1) is 22.3. The van der Waals surface area contributed by atoms with Crippen LogP contribution in [0.2, 0.25) is 0 Å². The first-order valence-corrected chi connectivity index (χ1v) is 15.2. The lowest BCUT2D eigenvalue weighted by Crippen LogP contribution is -2.36. The maximum absolute atomic E-state index is 13.8. The van der Waals surface area contributed by atoms with Gasteiger partial charge in [0.15, 0.2) is 0 Å². The highest BCUT2D eigenvalue weighted by Crippen LogP contribution is 2.37. The molecule has 2 amide bonds. The normalized spacial score (nSPS) is 11.5. The van der Waals surface area contributed by atoms with E-state index in [1.54, 1.807) is 73.7 Å². The molecule has 0 spiro atoms. The van der Waals surface area contributed by atoms with Crippen LogP contribution in [0.1, 0.15) is 42.8 Å². The minimum atomic E-state index is -0.655. The summed E-state index contributed by atoms with van der Waals surface area (Å²) in [4.78, 5) is 41.1. The van der Waals surface area contributed by atoms with Crippen LogP contribution >= 0.6 is 0 Å². The summed E-state index contributed by atoms with van der Waals surface area (Å²) in [5.41, 5.74) is 2.51. The number of amides is 2. The summed E-state index contributed by atoms with van der Waals surface area (Å²) in [5.74, 6) is 1.40.